The maximum atomic E-state index is 12.4. The molecule has 5 nitrogen and oxygen atoms in total. The van der Waals surface area contributed by atoms with Gasteiger partial charge in [0.25, 0.3) is 5.56 Å². The number of methoxy groups -OCH3 is 1. The zero-order valence-electron chi connectivity index (χ0n) is 16.6. The van der Waals surface area contributed by atoms with Gasteiger partial charge in [0, 0.05) is 18.5 Å². The summed E-state index contributed by atoms with van der Waals surface area (Å²) in [5, 5.41) is 3.92. The summed E-state index contributed by atoms with van der Waals surface area (Å²) in [6.07, 6.45) is 1.44. The minimum Gasteiger partial charge on any atom is -0.497 e. The summed E-state index contributed by atoms with van der Waals surface area (Å²) < 4.78 is 5.21. The first kappa shape index (κ1) is 19.7. The molecule has 3 rings (SSSR count). The Morgan fingerprint density at radius 3 is 2.71 bits per heavy atom. The molecule has 0 aliphatic heterocycles. The van der Waals surface area contributed by atoms with Crippen LogP contribution < -0.4 is 15.6 Å². The van der Waals surface area contributed by atoms with Crippen LogP contribution in [0.3, 0.4) is 0 Å². The highest BCUT2D eigenvalue weighted by atomic mass is 16.5. The van der Waals surface area contributed by atoms with Crippen molar-refractivity contribution < 1.29 is 9.53 Å². The number of aryl methyl sites for hydroxylation is 3. The van der Waals surface area contributed by atoms with Gasteiger partial charge in [-0.2, -0.15) is 0 Å². The lowest BCUT2D eigenvalue weighted by Gasteiger charge is -2.09. The Bertz CT molecular complexity index is 1050. The number of aromatic nitrogens is 1. The van der Waals surface area contributed by atoms with E-state index >= 15 is 0 Å². The Balaban J connectivity index is 1.56. The summed E-state index contributed by atoms with van der Waals surface area (Å²) in [7, 11) is 1.64. The molecule has 3 aromatic rings. The van der Waals surface area contributed by atoms with Crippen LogP contribution >= 0.6 is 0 Å². The smallest absolute Gasteiger partial charge is 0.251 e. The second-order valence-electron chi connectivity index (χ2n) is 7.05. The largest absolute Gasteiger partial charge is 0.497 e. The van der Waals surface area contributed by atoms with Crippen molar-refractivity contribution in [1.82, 2.24) is 10.3 Å². The second-order valence-corrected chi connectivity index (χ2v) is 7.05. The fourth-order valence-electron chi connectivity index (χ4n) is 3.27. The maximum Gasteiger partial charge on any atom is 0.251 e. The Morgan fingerprint density at radius 2 is 1.93 bits per heavy atom. The van der Waals surface area contributed by atoms with Gasteiger partial charge in [0.2, 0.25) is 5.91 Å². The summed E-state index contributed by atoms with van der Waals surface area (Å²) in [4.78, 5) is 27.5. The van der Waals surface area contributed by atoms with Gasteiger partial charge < -0.3 is 15.0 Å². The number of hydrogen-bond donors (Lipinski definition) is 2. The van der Waals surface area contributed by atoms with Crippen LogP contribution in [0.4, 0.5) is 0 Å². The van der Waals surface area contributed by atoms with Crippen molar-refractivity contribution >= 4 is 16.8 Å². The van der Waals surface area contributed by atoms with Crippen molar-refractivity contribution in [3.05, 3.63) is 75.1 Å². The van der Waals surface area contributed by atoms with Gasteiger partial charge in [-0.25, -0.2) is 0 Å². The zero-order chi connectivity index (χ0) is 20.1. The molecule has 0 fully saturated rings. The van der Waals surface area contributed by atoms with Crippen molar-refractivity contribution in [2.75, 3.05) is 13.7 Å². The molecule has 0 bridgehead atoms. The van der Waals surface area contributed by atoms with Crippen LogP contribution in [-0.4, -0.2) is 24.5 Å². The quantitative estimate of drug-likeness (QED) is 0.662. The van der Waals surface area contributed by atoms with Crippen LogP contribution in [0.25, 0.3) is 10.9 Å². The fourth-order valence-corrected chi connectivity index (χ4v) is 3.27. The average Bonchev–Trinajstić information content (AvgIpc) is 2.70. The molecular weight excluding hydrogens is 352 g/mol. The monoisotopic (exact) mass is 378 g/mol. The number of amides is 1. The van der Waals surface area contributed by atoms with Gasteiger partial charge in [0.1, 0.15) is 5.75 Å². The Morgan fingerprint density at radius 1 is 1.11 bits per heavy atom. The van der Waals surface area contributed by atoms with Crippen molar-refractivity contribution in [3.63, 3.8) is 0 Å². The van der Waals surface area contributed by atoms with E-state index in [-0.39, 0.29) is 17.9 Å². The van der Waals surface area contributed by atoms with E-state index in [0.29, 0.717) is 18.5 Å². The number of nitrogens with one attached hydrogen (secondary N) is 2. The first-order chi connectivity index (χ1) is 13.5. The third-order valence-corrected chi connectivity index (χ3v) is 5.12. The van der Waals surface area contributed by atoms with Crippen LogP contribution in [0.2, 0.25) is 0 Å². The molecule has 0 saturated carbocycles. The average molecular weight is 378 g/mol. The number of aromatic amines is 1. The molecule has 0 aliphatic rings. The van der Waals surface area contributed by atoms with E-state index in [1.54, 1.807) is 7.11 Å². The van der Waals surface area contributed by atoms with Crippen molar-refractivity contribution in [1.29, 1.82) is 0 Å². The number of fused-ring (bicyclic) bond motifs is 1. The standard InChI is InChI=1S/C23H26N2O3/c1-15-7-8-18-14-19(23(27)25-22(18)16(15)2)9-10-21(26)24-12-11-17-5-4-6-20(13-17)28-3/h4-8,13-14H,9-12H2,1-3H3,(H,24,26)(H,25,27). The molecule has 0 radical (unpaired) electrons. The number of pyridine rings is 1. The first-order valence-electron chi connectivity index (χ1n) is 9.49. The third kappa shape index (κ3) is 4.60. The maximum absolute atomic E-state index is 12.4. The van der Waals surface area contributed by atoms with Crippen LogP contribution in [0, 0.1) is 13.8 Å². The molecule has 0 unspecified atom stereocenters. The molecule has 1 heterocycles. The predicted octanol–water partition coefficient (Wildman–Crippen LogP) is 3.45. The number of hydrogen-bond acceptors (Lipinski definition) is 3. The topological polar surface area (TPSA) is 71.2 Å². The molecule has 28 heavy (non-hydrogen) atoms. The van der Waals surface area contributed by atoms with Crippen LogP contribution in [0.5, 0.6) is 5.75 Å². The van der Waals surface area contributed by atoms with Gasteiger partial charge in [-0.1, -0.05) is 24.3 Å². The first-order valence-corrected chi connectivity index (χ1v) is 9.49. The number of rotatable bonds is 7. The van der Waals surface area contributed by atoms with E-state index in [2.05, 4.69) is 10.3 Å². The summed E-state index contributed by atoms with van der Waals surface area (Å²) >= 11 is 0. The molecule has 5 heteroatoms. The Labute approximate surface area is 164 Å². The number of H-pyrrole nitrogens is 1. The highest BCUT2D eigenvalue weighted by Gasteiger charge is 2.09. The van der Waals surface area contributed by atoms with E-state index in [9.17, 15) is 9.59 Å². The highest BCUT2D eigenvalue weighted by molar-refractivity contribution is 5.83. The Hall–Kier alpha value is -3.08. The van der Waals surface area contributed by atoms with E-state index < -0.39 is 0 Å². The molecular formula is C23H26N2O3. The molecule has 0 spiro atoms. The molecule has 2 aromatic carbocycles. The van der Waals surface area contributed by atoms with Gasteiger partial charge in [0.05, 0.1) is 12.6 Å². The van der Waals surface area contributed by atoms with Gasteiger partial charge in [-0.3, -0.25) is 9.59 Å². The lowest BCUT2D eigenvalue weighted by atomic mass is 10.0. The third-order valence-electron chi connectivity index (χ3n) is 5.12. The van der Waals surface area contributed by atoms with E-state index in [1.807, 2.05) is 56.3 Å². The van der Waals surface area contributed by atoms with E-state index in [0.717, 1.165) is 39.8 Å². The minimum absolute atomic E-state index is 0.0533. The van der Waals surface area contributed by atoms with Crippen LogP contribution in [-0.2, 0) is 17.6 Å². The molecule has 0 saturated heterocycles. The molecule has 1 amide bonds. The van der Waals surface area contributed by atoms with Crippen molar-refractivity contribution in [2.24, 2.45) is 0 Å². The number of carbonyl (C=O) groups is 1. The van der Waals surface area contributed by atoms with Crippen LogP contribution in [0.1, 0.15) is 28.7 Å². The molecule has 2 N–H and O–H groups in total. The highest BCUT2D eigenvalue weighted by Crippen LogP contribution is 2.19. The minimum atomic E-state index is -0.120. The molecule has 146 valence electrons. The van der Waals surface area contributed by atoms with Gasteiger partial charge in [-0.15, -0.1) is 0 Å². The van der Waals surface area contributed by atoms with Gasteiger partial charge in [0.15, 0.2) is 0 Å². The van der Waals surface area contributed by atoms with E-state index in [1.165, 1.54) is 0 Å². The van der Waals surface area contributed by atoms with Crippen molar-refractivity contribution in [3.8, 4) is 5.75 Å². The zero-order valence-corrected chi connectivity index (χ0v) is 16.6. The summed E-state index contributed by atoms with van der Waals surface area (Å²) in [5.74, 6) is 0.757. The molecule has 0 atom stereocenters. The summed E-state index contributed by atoms with van der Waals surface area (Å²) in [6.45, 7) is 4.58. The predicted molar refractivity (Wildman–Crippen MR) is 112 cm³/mol. The number of carbonyl (C=O) groups excluding carboxylic acids is 1. The second kappa shape index (κ2) is 8.74. The lowest BCUT2D eigenvalue weighted by molar-refractivity contribution is -0.121. The normalized spacial score (nSPS) is 10.8. The SMILES string of the molecule is COc1cccc(CCNC(=O)CCc2cc3ccc(C)c(C)c3[nH]c2=O)c1. The summed E-state index contributed by atoms with van der Waals surface area (Å²) in [5.41, 5.74) is 4.72. The van der Waals surface area contributed by atoms with Crippen LogP contribution in [0.15, 0.2) is 47.3 Å². The molecule has 1 aromatic heterocycles. The van der Waals surface area contributed by atoms with Gasteiger partial charge >= 0.3 is 0 Å². The summed E-state index contributed by atoms with van der Waals surface area (Å²) in [6, 6.07) is 13.7. The number of ether oxygens (including phenoxy) is 1. The Kier molecular flexibility index (Phi) is 6.14. The fraction of sp³-hybridized carbons (Fsp3) is 0.304. The molecule has 0 aliphatic carbocycles. The van der Waals surface area contributed by atoms with Crippen molar-refractivity contribution in [2.45, 2.75) is 33.1 Å². The van der Waals surface area contributed by atoms with E-state index in [4.69, 9.17) is 4.74 Å². The number of benzene rings is 2. The lowest BCUT2D eigenvalue weighted by Crippen LogP contribution is -2.26. The van der Waals surface area contributed by atoms with Gasteiger partial charge in [-0.05, 0) is 67.0 Å².